The smallest absolute Gasteiger partial charge is 0.387 e. The Kier molecular flexibility index (Phi) is 5.07. The quantitative estimate of drug-likeness (QED) is 0.538. The highest BCUT2D eigenvalue weighted by Gasteiger charge is 2.11. The summed E-state index contributed by atoms with van der Waals surface area (Å²) in [6.45, 7) is -2.89. The topological polar surface area (TPSA) is 70.9 Å². The van der Waals surface area contributed by atoms with Crippen molar-refractivity contribution in [3.8, 4) is 11.5 Å². The maximum Gasteiger partial charge on any atom is 0.387 e. The van der Waals surface area contributed by atoms with Crippen LogP contribution in [-0.4, -0.2) is 23.8 Å². The highest BCUT2D eigenvalue weighted by Crippen LogP contribution is 2.24. The minimum Gasteiger partial charge on any atom is -0.507 e. The maximum absolute atomic E-state index is 12.2. The van der Waals surface area contributed by atoms with Crippen molar-refractivity contribution in [3.05, 3.63) is 71.8 Å². The van der Waals surface area contributed by atoms with E-state index in [1.165, 1.54) is 36.5 Å². The Bertz CT molecular complexity index is 957. The number of hydrogen-bond acceptors (Lipinski definition) is 4. The molecule has 3 aromatic carbocycles. The van der Waals surface area contributed by atoms with E-state index in [0.29, 0.717) is 5.56 Å². The molecule has 3 aromatic rings. The van der Waals surface area contributed by atoms with Crippen LogP contribution in [0.25, 0.3) is 10.8 Å². The van der Waals surface area contributed by atoms with Crippen molar-refractivity contribution in [2.24, 2.45) is 5.10 Å². The summed E-state index contributed by atoms with van der Waals surface area (Å²) >= 11 is 0. The van der Waals surface area contributed by atoms with E-state index in [1.807, 2.05) is 24.3 Å². The lowest BCUT2D eigenvalue weighted by Gasteiger charge is -2.06. The van der Waals surface area contributed by atoms with E-state index >= 15 is 0 Å². The van der Waals surface area contributed by atoms with Crippen LogP contribution in [0.15, 0.2) is 65.8 Å². The molecule has 0 spiro atoms. The molecule has 0 fully saturated rings. The summed E-state index contributed by atoms with van der Waals surface area (Å²) in [5.41, 5.74) is 3.00. The minimum absolute atomic E-state index is 0.0299. The number of alkyl halides is 2. The SMILES string of the molecule is O=C(N/N=C\c1ccc(OC(F)F)cc1)c1cc2ccccc2cc1O. The molecular formula is C19H14F2N2O3. The Morgan fingerprint density at radius 1 is 1.08 bits per heavy atom. The zero-order chi connectivity index (χ0) is 18.5. The molecule has 0 aliphatic heterocycles. The Morgan fingerprint density at radius 2 is 1.73 bits per heavy atom. The number of halogens is 2. The second kappa shape index (κ2) is 7.60. The molecule has 7 heteroatoms. The van der Waals surface area contributed by atoms with Crippen molar-refractivity contribution in [2.75, 3.05) is 0 Å². The van der Waals surface area contributed by atoms with Gasteiger partial charge in [0.15, 0.2) is 0 Å². The number of nitrogens with zero attached hydrogens (tertiary/aromatic N) is 1. The molecule has 0 aliphatic rings. The number of hydrazone groups is 1. The first-order valence-electron chi connectivity index (χ1n) is 7.63. The first-order chi connectivity index (χ1) is 12.5. The average molecular weight is 356 g/mol. The first-order valence-corrected chi connectivity index (χ1v) is 7.63. The summed E-state index contributed by atoms with van der Waals surface area (Å²) in [6, 6.07) is 16.2. The van der Waals surface area contributed by atoms with Crippen LogP contribution < -0.4 is 10.2 Å². The summed E-state index contributed by atoms with van der Waals surface area (Å²) < 4.78 is 28.4. The number of carbonyl (C=O) groups is 1. The number of benzene rings is 3. The van der Waals surface area contributed by atoms with Crippen LogP contribution in [0.5, 0.6) is 11.5 Å². The third-order valence-electron chi connectivity index (χ3n) is 3.59. The molecule has 1 amide bonds. The van der Waals surface area contributed by atoms with E-state index in [-0.39, 0.29) is 17.1 Å². The zero-order valence-electron chi connectivity index (χ0n) is 13.4. The Balaban J connectivity index is 1.68. The standard InChI is InChI=1S/C19H14F2N2O3/c20-19(21)26-15-7-5-12(6-8-15)11-22-23-18(25)16-9-13-3-1-2-4-14(13)10-17(16)24/h1-11,19,24H,(H,23,25)/b22-11-. The molecule has 5 nitrogen and oxygen atoms in total. The number of ether oxygens (including phenoxy) is 1. The molecule has 2 N–H and O–H groups in total. The summed E-state index contributed by atoms with van der Waals surface area (Å²) in [5.74, 6) is -0.686. The molecule has 0 radical (unpaired) electrons. The van der Waals surface area contributed by atoms with Crippen molar-refractivity contribution in [1.29, 1.82) is 0 Å². The summed E-state index contributed by atoms with van der Waals surface area (Å²) in [4.78, 5) is 12.2. The van der Waals surface area contributed by atoms with Crippen LogP contribution in [0, 0.1) is 0 Å². The molecule has 0 saturated heterocycles. The van der Waals surface area contributed by atoms with E-state index in [4.69, 9.17) is 0 Å². The predicted octanol–water partition coefficient (Wildman–Crippen LogP) is 3.91. The Morgan fingerprint density at radius 3 is 2.38 bits per heavy atom. The van der Waals surface area contributed by atoms with Gasteiger partial charge in [0.1, 0.15) is 11.5 Å². The van der Waals surface area contributed by atoms with Gasteiger partial charge >= 0.3 is 6.61 Å². The van der Waals surface area contributed by atoms with E-state index in [0.717, 1.165) is 10.8 Å². The second-order valence-corrected chi connectivity index (χ2v) is 5.36. The monoisotopic (exact) mass is 356 g/mol. The van der Waals surface area contributed by atoms with Gasteiger partial charge in [0, 0.05) is 0 Å². The Hall–Kier alpha value is -3.48. The zero-order valence-corrected chi connectivity index (χ0v) is 13.4. The summed E-state index contributed by atoms with van der Waals surface area (Å²) in [7, 11) is 0. The predicted molar refractivity (Wildman–Crippen MR) is 93.7 cm³/mol. The maximum atomic E-state index is 12.2. The number of phenolic OH excluding ortho intramolecular Hbond substituents is 1. The largest absolute Gasteiger partial charge is 0.507 e. The number of fused-ring (bicyclic) bond motifs is 1. The molecule has 0 atom stereocenters. The average Bonchev–Trinajstić information content (AvgIpc) is 2.62. The van der Waals surface area contributed by atoms with Crippen molar-refractivity contribution in [3.63, 3.8) is 0 Å². The van der Waals surface area contributed by atoms with Gasteiger partial charge in [-0.15, -0.1) is 0 Å². The highest BCUT2D eigenvalue weighted by molar-refractivity contribution is 6.01. The minimum atomic E-state index is -2.89. The van der Waals surface area contributed by atoms with Gasteiger partial charge in [0.05, 0.1) is 11.8 Å². The molecule has 26 heavy (non-hydrogen) atoms. The fourth-order valence-corrected chi connectivity index (χ4v) is 2.37. The fourth-order valence-electron chi connectivity index (χ4n) is 2.37. The Labute approximate surface area is 147 Å². The number of amides is 1. The van der Waals surface area contributed by atoms with Gasteiger partial charge < -0.3 is 9.84 Å². The second-order valence-electron chi connectivity index (χ2n) is 5.36. The molecule has 0 heterocycles. The number of phenols is 1. The van der Waals surface area contributed by atoms with Crippen LogP contribution in [0.1, 0.15) is 15.9 Å². The van der Waals surface area contributed by atoms with Crippen molar-refractivity contribution in [2.45, 2.75) is 6.61 Å². The third-order valence-corrected chi connectivity index (χ3v) is 3.59. The lowest BCUT2D eigenvalue weighted by Crippen LogP contribution is -2.17. The molecule has 132 valence electrons. The van der Waals surface area contributed by atoms with Gasteiger partial charge in [-0.1, -0.05) is 24.3 Å². The number of nitrogens with one attached hydrogen (secondary N) is 1. The molecule has 3 rings (SSSR count). The fraction of sp³-hybridized carbons (Fsp3) is 0.0526. The third kappa shape index (κ3) is 4.13. The van der Waals surface area contributed by atoms with Crippen LogP contribution in [0.3, 0.4) is 0 Å². The van der Waals surface area contributed by atoms with Gasteiger partial charge in [-0.3, -0.25) is 4.79 Å². The molecule has 0 bridgehead atoms. The van der Waals surface area contributed by atoms with Gasteiger partial charge in [-0.25, -0.2) is 5.43 Å². The first kappa shape index (κ1) is 17.3. The number of carbonyl (C=O) groups excluding carboxylic acids is 1. The van der Waals surface area contributed by atoms with E-state index < -0.39 is 12.5 Å². The number of hydrogen-bond donors (Lipinski definition) is 2. The molecule has 0 unspecified atom stereocenters. The molecule has 0 saturated carbocycles. The van der Waals surface area contributed by atoms with Crippen LogP contribution in [0.2, 0.25) is 0 Å². The van der Waals surface area contributed by atoms with Gasteiger partial charge in [0.25, 0.3) is 5.91 Å². The summed E-state index contributed by atoms with van der Waals surface area (Å²) in [6.07, 6.45) is 1.35. The normalized spacial score (nSPS) is 11.2. The van der Waals surface area contributed by atoms with Gasteiger partial charge in [0.2, 0.25) is 0 Å². The lowest BCUT2D eigenvalue weighted by atomic mass is 10.1. The van der Waals surface area contributed by atoms with Gasteiger partial charge in [-0.2, -0.15) is 13.9 Å². The van der Waals surface area contributed by atoms with Crippen LogP contribution >= 0.6 is 0 Å². The van der Waals surface area contributed by atoms with Crippen molar-refractivity contribution < 1.29 is 23.4 Å². The van der Waals surface area contributed by atoms with Gasteiger partial charge in [-0.05, 0) is 52.7 Å². The lowest BCUT2D eigenvalue weighted by molar-refractivity contribution is -0.0498. The number of aromatic hydroxyl groups is 1. The molecular weight excluding hydrogens is 342 g/mol. The molecule has 0 aromatic heterocycles. The number of rotatable bonds is 5. The van der Waals surface area contributed by atoms with Crippen molar-refractivity contribution in [1.82, 2.24) is 5.43 Å². The van der Waals surface area contributed by atoms with E-state index in [2.05, 4.69) is 15.3 Å². The van der Waals surface area contributed by atoms with Crippen LogP contribution in [-0.2, 0) is 0 Å². The summed E-state index contributed by atoms with van der Waals surface area (Å²) in [5, 5.41) is 15.4. The van der Waals surface area contributed by atoms with E-state index in [9.17, 15) is 18.7 Å². The van der Waals surface area contributed by atoms with Crippen LogP contribution in [0.4, 0.5) is 8.78 Å². The molecule has 0 aliphatic carbocycles. The van der Waals surface area contributed by atoms with Crippen molar-refractivity contribution >= 4 is 22.9 Å². The van der Waals surface area contributed by atoms with E-state index in [1.54, 1.807) is 6.07 Å². The highest BCUT2D eigenvalue weighted by atomic mass is 19.3.